The van der Waals surface area contributed by atoms with Crippen LogP contribution in [0.5, 0.6) is 0 Å². The van der Waals surface area contributed by atoms with Crippen molar-refractivity contribution >= 4 is 17.4 Å². The fourth-order valence-electron chi connectivity index (χ4n) is 2.95. The zero-order valence-electron chi connectivity index (χ0n) is 12.9. The molecule has 1 aliphatic rings. The van der Waals surface area contributed by atoms with Crippen LogP contribution in [-0.4, -0.2) is 28.3 Å². The average Bonchev–Trinajstić information content (AvgIpc) is 3.24. The highest BCUT2D eigenvalue weighted by Crippen LogP contribution is 2.29. The molecule has 0 bridgehead atoms. The summed E-state index contributed by atoms with van der Waals surface area (Å²) in [6.07, 6.45) is 3.78. The van der Waals surface area contributed by atoms with Gasteiger partial charge in [-0.1, -0.05) is 43.2 Å². The van der Waals surface area contributed by atoms with Crippen molar-refractivity contribution < 1.29 is 9.90 Å². The van der Waals surface area contributed by atoms with Crippen LogP contribution in [-0.2, 0) is 6.54 Å². The molecule has 3 N–H and O–H groups in total. The van der Waals surface area contributed by atoms with Gasteiger partial charge in [0, 0.05) is 10.9 Å². The molecule has 0 aliphatic heterocycles. The molecule has 0 radical (unpaired) electrons. The molecule has 6 heteroatoms. The van der Waals surface area contributed by atoms with Gasteiger partial charge < -0.3 is 15.7 Å². The van der Waals surface area contributed by atoms with Gasteiger partial charge in [-0.3, -0.25) is 0 Å². The second-order valence-electron chi connectivity index (χ2n) is 5.95. The maximum Gasteiger partial charge on any atom is 0.315 e. The second kappa shape index (κ2) is 7.10. The summed E-state index contributed by atoms with van der Waals surface area (Å²) < 4.78 is 0. The molecule has 122 valence electrons. The van der Waals surface area contributed by atoms with Gasteiger partial charge in [0.05, 0.1) is 24.4 Å². The summed E-state index contributed by atoms with van der Waals surface area (Å²) >= 11 is 1.53. The van der Waals surface area contributed by atoms with E-state index in [2.05, 4.69) is 15.6 Å². The second-order valence-corrected chi connectivity index (χ2v) is 6.89. The Morgan fingerprint density at radius 3 is 2.70 bits per heavy atom. The summed E-state index contributed by atoms with van der Waals surface area (Å²) in [6.45, 7) is 0.390. The number of aliphatic hydroxyl groups is 1. The Morgan fingerprint density at radius 1 is 1.26 bits per heavy atom. The first-order valence-electron chi connectivity index (χ1n) is 7.87. The number of aliphatic hydroxyl groups excluding tert-OH is 1. The van der Waals surface area contributed by atoms with Crippen LogP contribution in [0.25, 0.3) is 11.3 Å². The Hall–Kier alpha value is -1.92. The Labute approximate surface area is 139 Å². The Kier molecular flexibility index (Phi) is 4.93. The van der Waals surface area contributed by atoms with Crippen LogP contribution in [0, 0.1) is 0 Å². The number of urea groups is 1. The van der Waals surface area contributed by atoms with E-state index in [-0.39, 0.29) is 12.6 Å². The lowest BCUT2D eigenvalue weighted by molar-refractivity contribution is 0.162. The maximum absolute atomic E-state index is 12.1. The van der Waals surface area contributed by atoms with Gasteiger partial charge in [0.2, 0.25) is 0 Å². The molecule has 0 saturated heterocycles. The first-order valence-corrected chi connectivity index (χ1v) is 8.75. The minimum atomic E-state index is -0.442. The molecule has 2 amide bonds. The molecule has 3 rings (SSSR count). The van der Waals surface area contributed by atoms with E-state index in [1.807, 2.05) is 35.7 Å². The monoisotopic (exact) mass is 331 g/mol. The number of nitrogens with one attached hydrogen (secondary N) is 2. The molecular weight excluding hydrogens is 310 g/mol. The largest absolute Gasteiger partial charge is 0.394 e. The minimum Gasteiger partial charge on any atom is -0.394 e. The van der Waals surface area contributed by atoms with Crippen LogP contribution in [0.15, 0.2) is 35.7 Å². The number of carbonyl (C=O) groups is 1. The molecular formula is C17H21N3O2S. The van der Waals surface area contributed by atoms with E-state index in [9.17, 15) is 9.90 Å². The topological polar surface area (TPSA) is 74.2 Å². The van der Waals surface area contributed by atoms with Crippen LogP contribution in [0.1, 0.15) is 30.7 Å². The summed E-state index contributed by atoms with van der Waals surface area (Å²) in [6, 6.07) is 9.74. The first-order chi connectivity index (χ1) is 11.2. The first kappa shape index (κ1) is 16.0. The van der Waals surface area contributed by atoms with E-state index in [4.69, 9.17) is 0 Å². The normalized spacial score (nSPS) is 16.2. The molecule has 0 unspecified atom stereocenters. The van der Waals surface area contributed by atoms with Crippen LogP contribution >= 0.6 is 11.3 Å². The van der Waals surface area contributed by atoms with Gasteiger partial charge in [0.1, 0.15) is 5.01 Å². The number of hydrogen-bond donors (Lipinski definition) is 3. The highest BCUT2D eigenvalue weighted by molar-refractivity contribution is 7.09. The van der Waals surface area contributed by atoms with E-state index in [1.54, 1.807) is 0 Å². The van der Waals surface area contributed by atoms with Crippen molar-refractivity contribution in [3.63, 3.8) is 0 Å². The van der Waals surface area contributed by atoms with Crippen molar-refractivity contribution in [3.05, 3.63) is 40.7 Å². The van der Waals surface area contributed by atoms with Gasteiger partial charge >= 0.3 is 6.03 Å². The van der Waals surface area contributed by atoms with Crippen molar-refractivity contribution in [3.8, 4) is 11.3 Å². The number of amides is 2. The Morgan fingerprint density at radius 2 is 2.00 bits per heavy atom. The predicted molar refractivity (Wildman–Crippen MR) is 91.2 cm³/mol. The van der Waals surface area contributed by atoms with Gasteiger partial charge in [-0.05, 0) is 12.8 Å². The average molecular weight is 331 g/mol. The molecule has 0 atom stereocenters. The van der Waals surface area contributed by atoms with Crippen LogP contribution < -0.4 is 10.6 Å². The third kappa shape index (κ3) is 3.89. The Balaban J connectivity index is 1.54. The van der Waals surface area contributed by atoms with Gasteiger partial charge in [-0.25, -0.2) is 9.78 Å². The minimum absolute atomic E-state index is 0.00414. The number of nitrogens with zero attached hydrogens (tertiary/aromatic N) is 1. The van der Waals surface area contributed by atoms with E-state index in [1.165, 1.54) is 11.3 Å². The van der Waals surface area contributed by atoms with E-state index in [0.29, 0.717) is 6.54 Å². The van der Waals surface area contributed by atoms with Gasteiger partial charge in [0.25, 0.3) is 0 Å². The van der Waals surface area contributed by atoms with Crippen LogP contribution in [0.2, 0.25) is 0 Å². The molecule has 1 fully saturated rings. The Bertz CT molecular complexity index is 651. The molecule has 23 heavy (non-hydrogen) atoms. The standard InChI is InChI=1S/C17H21N3O2S/c21-12-17(8-4-5-9-17)20-16(22)18-10-15-19-14(11-23-15)13-6-2-1-3-7-13/h1-3,6-7,11,21H,4-5,8-10,12H2,(H2,18,20,22). The number of benzene rings is 1. The molecule has 0 spiro atoms. The zero-order valence-corrected chi connectivity index (χ0v) is 13.7. The van der Waals surface area contributed by atoms with Crippen molar-refractivity contribution in [2.24, 2.45) is 0 Å². The SMILES string of the molecule is O=C(NCc1nc(-c2ccccc2)cs1)NC1(CO)CCCC1. The maximum atomic E-state index is 12.1. The number of thiazole rings is 1. The van der Waals surface area contributed by atoms with Crippen molar-refractivity contribution in [2.45, 2.75) is 37.8 Å². The molecule has 2 aromatic rings. The number of aromatic nitrogens is 1. The van der Waals surface area contributed by atoms with Crippen LogP contribution in [0.3, 0.4) is 0 Å². The lowest BCUT2D eigenvalue weighted by atomic mass is 9.99. The quantitative estimate of drug-likeness (QED) is 0.788. The third-order valence-corrected chi connectivity index (χ3v) is 5.11. The smallest absolute Gasteiger partial charge is 0.315 e. The van der Waals surface area contributed by atoms with Crippen molar-refractivity contribution in [2.75, 3.05) is 6.61 Å². The summed E-state index contributed by atoms with van der Waals surface area (Å²) in [5, 5.41) is 18.2. The number of carbonyl (C=O) groups excluding carboxylic acids is 1. The predicted octanol–water partition coefficient (Wildman–Crippen LogP) is 2.91. The molecule has 5 nitrogen and oxygen atoms in total. The van der Waals surface area contributed by atoms with Gasteiger partial charge in [-0.15, -0.1) is 11.3 Å². The molecule has 1 heterocycles. The van der Waals surface area contributed by atoms with Gasteiger partial charge in [-0.2, -0.15) is 0 Å². The molecule has 1 saturated carbocycles. The fraction of sp³-hybridized carbons (Fsp3) is 0.412. The number of rotatable bonds is 5. The lowest BCUT2D eigenvalue weighted by Gasteiger charge is -2.27. The van der Waals surface area contributed by atoms with E-state index < -0.39 is 5.54 Å². The fourth-order valence-corrected chi connectivity index (χ4v) is 3.69. The lowest BCUT2D eigenvalue weighted by Crippen LogP contribution is -2.52. The molecule has 1 aromatic carbocycles. The highest BCUT2D eigenvalue weighted by atomic mass is 32.1. The summed E-state index contributed by atoms with van der Waals surface area (Å²) in [5.41, 5.74) is 1.56. The molecule has 1 aliphatic carbocycles. The van der Waals surface area contributed by atoms with Crippen LogP contribution in [0.4, 0.5) is 4.79 Å². The summed E-state index contributed by atoms with van der Waals surface area (Å²) in [5.74, 6) is 0. The number of hydrogen-bond acceptors (Lipinski definition) is 4. The third-order valence-electron chi connectivity index (χ3n) is 4.26. The van der Waals surface area contributed by atoms with E-state index in [0.717, 1.165) is 41.9 Å². The summed E-state index contributed by atoms with van der Waals surface area (Å²) in [4.78, 5) is 16.6. The molecule has 1 aromatic heterocycles. The van der Waals surface area contributed by atoms with Crippen molar-refractivity contribution in [1.82, 2.24) is 15.6 Å². The van der Waals surface area contributed by atoms with Gasteiger partial charge in [0.15, 0.2) is 0 Å². The zero-order chi connectivity index (χ0) is 16.1. The highest BCUT2D eigenvalue weighted by Gasteiger charge is 2.34. The van der Waals surface area contributed by atoms with Crippen molar-refractivity contribution in [1.29, 1.82) is 0 Å². The summed E-state index contributed by atoms with van der Waals surface area (Å²) in [7, 11) is 0. The van der Waals surface area contributed by atoms with E-state index >= 15 is 0 Å².